The lowest BCUT2D eigenvalue weighted by Crippen LogP contribution is -1.97. The number of hydrogen-bond acceptors (Lipinski definition) is 4. The second kappa shape index (κ2) is 10.8. The third-order valence-corrected chi connectivity index (χ3v) is 8.33. The fourth-order valence-corrected chi connectivity index (χ4v) is 6.19. The van der Waals surface area contributed by atoms with Gasteiger partial charge >= 0.3 is 0 Å². The summed E-state index contributed by atoms with van der Waals surface area (Å²) in [6, 6.07) is 31.6. The minimum Gasteiger partial charge on any atom is -0.507 e. The lowest BCUT2D eigenvalue weighted by Gasteiger charge is -2.07. The van der Waals surface area contributed by atoms with Crippen LogP contribution in [0.3, 0.4) is 0 Å². The first-order chi connectivity index (χ1) is 21.1. The Bertz CT molecular complexity index is 2220. The number of phenolic OH excluding ortho intramolecular Hbond substituents is 2. The van der Waals surface area contributed by atoms with Crippen molar-refractivity contribution >= 4 is 67.4 Å². The molecule has 2 heterocycles. The van der Waals surface area contributed by atoms with Crippen molar-refractivity contribution in [3.05, 3.63) is 108 Å². The maximum absolute atomic E-state index is 11.0. The molecule has 212 valence electrons. The van der Waals surface area contributed by atoms with Crippen LogP contribution in [-0.4, -0.2) is 31.8 Å². The predicted molar refractivity (Wildman–Crippen MR) is 179 cm³/mol. The first-order valence-electron chi connectivity index (χ1n) is 14.7. The van der Waals surface area contributed by atoms with Gasteiger partial charge in [0.25, 0.3) is 0 Å². The molecule has 7 aromatic rings. The summed E-state index contributed by atoms with van der Waals surface area (Å²) in [5.41, 5.74) is 7.01. The van der Waals surface area contributed by atoms with E-state index in [2.05, 4.69) is 46.4 Å². The highest BCUT2D eigenvalue weighted by molar-refractivity contribution is 6.18. The van der Waals surface area contributed by atoms with E-state index in [1.54, 1.807) is 24.6 Å². The monoisotopic (exact) mass is 564 g/mol. The van der Waals surface area contributed by atoms with E-state index >= 15 is 0 Å². The van der Waals surface area contributed by atoms with Crippen LogP contribution in [0.4, 0.5) is 11.4 Å². The van der Waals surface area contributed by atoms with E-state index in [9.17, 15) is 10.2 Å². The van der Waals surface area contributed by atoms with Crippen LogP contribution in [0.15, 0.2) is 107 Å². The summed E-state index contributed by atoms with van der Waals surface area (Å²) in [6.45, 7) is 3.11. The molecule has 0 spiro atoms. The van der Waals surface area contributed by atoms with Gasteiger partial charge in [-0.25, -0.2) is 0 Å². The van der Waals surface area contributed by atoms with Gasteiger partial charge < -0.3 is 19.3 Å². The molecule has 2 N–H and O–H groups in total. The Morgan fingerprint density at radius 2 is 1.12 bits per heavy atom. The summed E-state index contributed by atoms with van der Waals surface area (Å²) < 4.78 is 4.47. The van der Waals surface area contributed by atoms with Gasteiger partial charge in [-0.2, -0.15) is 0 Å². The summed E-state index contributed by atoms with van der Waals surface area (Å²) in [6.07, 6.45) is 5.64. The molecule has 7 rings (SSSR count). The SMILES string of the molecule is CCCCn1c2ccccc2c2c(C=Nc3ccccc3N=Cc3c(O)ccc4c3c3ccccc3n4C)c(O)ccc21. The van der Waals surface area contributed by atoms with E-state index in [0.717, 1.165) is 63.0 Å². The number of aromatic hydroxyl groups is 2. The van der Waals surface area contributed by atoms with E-state index in [0.29, 0.717) is 22.5 Å². The van der Waals surface area contributed by atoms with Crippen LogP contribution in [0.1, 0.15) is 30.9 Å². The Kier molecular flexibility index (Phi) is 6.67. The maximum Gasteiger partial charge on any atom is 0.125 e. The Morgan fingerprint density at radius 3 is 1.74 bits per heavy atom. The normalized spacial score (nSPS) is 12.2. The lowest BCUT2D eigenvalue weighted by atomic mass is 10.1. The van der Waals surface area contributed by atoms with Gasteiger partial charge in [0.2, 0.25) is 0 Å². The quantitative estimate of drug-likeness (QED) is 0.189. The fourth-order valence-electron chi connectivity index (χ4n) is 6.19. The molecule has 0 aliphatic heterocycles. The Hall–Kier alpha value is -5.36. The molecule has 0 saturated heterocycles. The summed E-state index contributed by atoms with van der Waals surface area (Å²) in [4.78, 5) is 9.66. The van der Waals surface area contributed by atoms with Crippen LogP contribution in [0.5, 0.6) is 11.5 Å². The van der Waals surface area contributed by atoms with Crippen LogP contribution in [0.2, 0.25) is 0 Å². The number of nitrogens with zero attached hydrogens (tertiary/aromatic N) is 4. The zero-order chi connectivity index (χ0) is 29.5. The third-order valence-electron chi connectivity index (χ3n) is 8.33. The molecule has 0 saturated carbocycles. The lowest BCUT2D eigenvalue weighted by molar-refractivity contribution is 0.475. The molecule has 0 aliphatic carbocycles. The van der Waals surface area contributed by atoms with Gasteiger partial charge in [-0.15, -0.1) is 0 Å². The van der Waals surface area contributed by atoms with Crippen molar-refractivity contribution in [2.75, 3.05) is 0 Å². The van der Waals surface area contributed by atoms with Gasteiger partial charge in [-0.05, 0) is 55.0 Å². The average Bonchev–Trinajstić information content (AvgIpc) is 3.51. The van der Waals surface area contributed by atoms with Crippen molar-refractivity contribution in [2.24, 2.45) is 17.0 Å². The number of fused-ring (bicyclic) bond motifs is 6. The zero-order valence-electron chi connectivity index (χ0n) is 24.2. The van der Waals surface area contributed by atoms with Crippen molar-refractivity contribution < 1.29 is 10.2 Å². The molecule has 43 heavy (non-hydrogen) atoms. The van der Waals surface area contributed by atoms with Crippen LogP contribution in [0, 0.1) is 0 Å². The third kappa shape index (κ3) is 4.43. The van der Waals surface area contributed by atoms with Crippen molar-refractivity contribution in [2.45, 2.75) is 26.3 Å². The zero-order valence-corrected chi connectivity index (χ0v) is 24.2. The first kappa shape index (κ1) is 26.5. The molecule has 0 bridgehead atoms. The fraction of sp³-hybridized carbons (Fsp3) is 0.135. The Balaban J connectivity index is 1.33. The van der Waals surface area contributed by atoms with E-state index in [1.165, 1.54) is 0 Å². The van der Waals surface area contributed by atoms with Crippen molar-refractivity contribution in [3.8, 4) is 11.5 Å². The van der Waals surface area contributed by atoms with E-state index in [4.69, 9.17) is 9.98 Å². The van der Waals surface area contributed by atoms with Gasteiger partial charge in [-0.3, -0.25) is 9.98 Å². The van der Waals surface area contributed by atoms with Crippen LogP contribution in [0.25, 0.3) is 43.6 Å². The maximum atomic E-state index is 11.0. The number of aliphatic imine (C=N–C) groups is 2. The van der Waals surface area contributed by atoms with Gasteiger partial charge in [-0.1, -0.05) is 61.9 Å². The molecule has 0 amide bonds. The molecule has 6 nitrogen and oxygen atoms in total. The molecule has 0 unspecified atom stereocenters. The second-order valence-corrected chi connectivity index (χ2v) is 10.9. The molecule has 0 fully saturated rings. The number of unbranched alkanes of at least 4 members (excludes halogenated alkanes) is 1. The minimum atomic E-state index is 0.171. The van der Waals surface area contributed by atoms with E-state index in [1.807, 2.05) is 61.6 Å². The summed E-state index contributed by atoms with van der Waals surface area (Å²) in [5, 5.41) is 26.0. The standard InChI is InChI=1S/C37H32N4O2/c1-3-4-21-41-31-16-10-6-12-25(31)37-27(35(43)20-18-33(37)41)23-39-29-14-8-7-13-28(29)38-22-26-34(42)19-17-32-36(26)24-11-5-9-15-30(24)40(32)2/h5-20,22-23,42-43H,3-4,21H2,1-2H3. The smallest absolute Gasteiger partial charge is 0.125 e. The number of hydrogen-bond donors (Lipinski definition) is 2. The number of aryl methyl sites for hydroxylation is 2. The molecule has 0 atom stereocenters. The number of para-hydroxylation sites is 4. The van der Waals surface area contributed by atoms with Crippen LogP contribution in [-0.2, 0) is 13.6 Å². The summed E-state index contributed by atoms with van der Waals surface area (Å²) in [7, 11) is 2.03. The largest absolute Gasteiger partial charge is 0.507 e. The molecular formula is C37H32N4O2. The number of aromatic nitrogens is 2. The molecule has 0 radical (unpaired) electrons. The summed E-state index contributed by atoms with van der Waals surface area (Å²) in [5.74, 6) is 0.354. The van der Waals surface area contributed by atoms with Crippen LogP contribution >= 0.6 is 0 Å². The Morgan fingerprint density at radius 1 is 0.605 bits per heavy atom. The van der Waals surface area contributed by atoms with Gasteiger partial charge in [0.05, 0.1) is 16.9 Å². The highest BCUT2D eigenvalue weighted by atomic mass is 16.3. The predicted octanol–water partition coefficient (Wildman–Crippen LogP) is 9.15. The molecule has 2 aromatic heterocycles. The van der Waals surface area contributed by atoms with Gasteiger partial charge in [0.15, 0.2) is 0 Å². The van der Waals surface area contributed by atoms with Crippen molar-refractivity contribution in [1.82, 2.24) is 9.13 Å². The van der Waals surface area contributed by atoms with Crippen LogP contribution < -0.4 is 0 Å². The minimum absolute atomic E-state index is 0.171. The van der Waals surface area contributed by atoms with Gasteiger partial charge in [0.1, 0.15) is 11.5 Å². The number of rotatable bonds is 7. The number of phenols is 2. The average molecular weight is 565 g/mol. The molecule has 5 aromatic carbocycles. The Labute approximate surface area is 249 Å². The summed E-state index contributed by atoms with van der Waals surface area (Å²) >= 11 is 0. The first-order valence-corrected chi connectivity index (χ1v) is 14.7. The molecular weight excluding hydrogens is 532 g/mol. The highest BCUT2D eigenvalue weighted by Gasteiger charge is 2.16. The number of benzene rings is 5. The van der Waals surface area contributed by atoms with Crippen molar-refractivity contribution in [3.63, 3.8) is 0 Å². The molecule has 0 aliphatic rings. The van der Waals surface area contributed by atoms with Crippen molar-refractivity contribution in [1.29, 1.82) is 0 Å². The highest BCUT2D eigenvalue weighted by Crippen LogP contribution is 2.37. The molecule has 6 heteroatoms. The van der Waals surface area contributed by atoms with E-state index < -0.39 is 0 Å². The second-order valence-electron chi connectivity index (χ2n) is 10.9. The van der Waals surface area contributed by atoms with E-state index in [-0.39, 0.29) is 11.5 Å². The topological polar surface area (TPSA) is 75.0 Å². The van der Waals surface area contributed by atoms with Gasteiger partial charge in [0, 0.05) is 75.2 Å².